The number of hydrogen-bond donors (Lipinski definition) is 3. The summed E-state index contributed by atoms with van der Waals surface area (Å²) in [6, 6.07) is 6.39. The highest BCUT2D eigenvalue weighted by molar-refractivity contribution is 6.30. The van der Waals surface area contributed by atoms with E-state index in [9.17, 15) is 9.59 Å². The number of amides is 3. The van der Waals surface area contributed by atoms with E-state index in [1.807, 2.05) is 25.1 Å². The summed E-state index contributed by atoms with van der Waals surface area (Å²) in [6.45, 7) is 5.89. The molecule has 0 aliphatic carbocycles. The smallest absolute Gasteiger partial charge is 0.321 e. The number of carbonyl (C=O) groups is 2. The van der Waals surface area contributed by atoms with E-state index < -0.39 is 12.1 Å². The zero-order valence-electron chi connectivity index (χ0n) is 11.9. The summed E-state index contributed by atoms with van der Waals surface area (Å²) in [7, 11) is 0. The highest BCUT2D eigenvalue weighted by Gasteiger charge is 2.18. The second-order valence-corrected chi connectivity index (χ2v) is 4.95. The van der Waals surface area contributed by atoms with Crippen molar-refractivity contribution in [1.82, 2.24) is 16.0 Å². The van der Waals surface area contributed by atoms with Crippen LogP contribution in [0.4, 0.5) is 4.79 Å². The molecule has 1 unspecified atom stereocenters. The average molecular weight is 298 g/mol. The Morgan fingerprint density at radius 2 is 2.00 bits per heavy atom. The summed E-state index contributed by atoms with van der Waals surface area (Å²) >= 11 is 5.93. The monoisotopic (exact) mass is 297 g/mol. The van der Waals surface area contributed by atoms with E-state index in [2.05, 4.69) is 16.0 Å². The van der Waals surface area contributed by atoms with Crippen LogP contribution in [0.1, 0.15) is 32.4 Å². The lowest BCUT2D eigenvalue weighted by Gasteiger charge is -2.19. The Balaban J connectivity index is 2.54. The van der Waals surface area contributed by atoms with Gasteiger partial charge in [-0.2, -0.15) is 0 Å². The molecule has 1 aromatic rings. The SMILES string of the molecule is CCNC(=O)NC(=O)C(C)N[C@@H](C)c1cccc(Cl)c1. The standard InChI is InChI=1S/C14H20ClN3O2/c1-4-16-14(20)18-13(19)10(3)17-9(2)11-6-5-7-12(15)8-11/h5-10,17H,4H2,1-3H3,(H2,16,18,19,20)/t9-,10?/m0/s1. The zero-order valence-corrected chi connectivity index (χ0v) is 12.6. The van der Waals surface area contributed by atoms with Crippen LogP contribution in [0.5, 0.6) is 0 Å². The van der Waals surface area contributed by atoms with Crippen molar-refractivity contribution in [2.75, 3.05) is 6.54 Å². The van der Waals surface area contributed by atoms with Gasteiger partial charge in [0, 0.05) is 17.6 Å². The van der Waals surface area contributed by atoms with Crippen molar-refractivity contribution in [2.24, 2.45) is 0 Å². The van der Waals surface area contributed by atoms with Crippen molar-refractivity contribution >= 4 is 23.5 Å². The first-order chi connectivity index (χ1) is 9.43. The van der Waals surface area contributed by atoms with Gasteiger partial charge in [-0.05, 0) is 38.5 Å². The lowest BCUT2D eigenvalue weighted by atomic mass is 10.1. The Labute approximate surface area is 124 Å². The molecule has 0 heterocycles. The van der Waals surface area contributed by atoms with Gasteiger partial charge in [0.25, 0.3) is 0 Å². The summed E-state index contributed by atoms with van der Waals surface area (Å²) in [5.74, 6) is -0.371. The van der Waals surface area contributed by atoms with Crippen LogP contribution >= 0.6 is 11.6 Å². The van der Waals surface area contributed by atoms with Crippen molar-refractivity contribution < 1.29 is 9.59 Å². The van der Waals surface area contributed by atoms with Gasteiger partial charge >= 0.3 is 6.03 Å². The highest BCUT2D eigenvalue weighted by atomic mass is 35.5. The number of imide groups is 1. The first-order valence-corrected chi connectivity index (χ1v) is 6.92. The van der Waals surface area contributed by atoms with Crippen molar-refractivity contribution in [1.29, 1.82) is 0 Å². The molecule has 20 heavy (non-hydrogen) atoms. The lowest BCUT2D eigenvalue weighted by molar-refractivity contribution is -0.121. The summed E-state index contributed by atoms with van der Waals surface area (Å²) in [4.78, 5) is 23.1. The minimum Gasteiger partial charge on any atom is -0.338 e. The molecule has 6 heteroatoms. The quantitative estimate of drug-likeness (QED) is 0.780. The van der Waals surface area contributed by atoms with Crippen LogP contribution in [-0.4, -0.2) is 24.5 Å². The van der Waals surface area contributed by atoms with E-state index >= 15 is 0 Å². The van der Waals surface area contributed by atoms with Gasteiger partial charge in [-0.15, -0.1) is 0 Å². The first kappa shape index (κ1) is 16.5. The van der Waals surface area contributed by atoms with E-state index in [4.69, 9.17) is 11.6 Å². The third kappa shape index (κ3) is 5.19. The molecule has 0 spiro atoms. The van der Waals surface area contributed by atoms with Crippen LogP contribution in [0, 0.1) is 0 Å². The van der Waals surface area contributed by atoms with Gasteiger partial charge < -0.3 is 5.32 Å². The Hall–Kier alpha value is -1.59. The maximum Gasteiger partial charge on any atom is 0.321 e. The largest absolute Gasteiger partial charge is 0.338 e. The fourth-order valence-electron chi connectivity index (χ4n) is 1.75. The van der Waals surface area contributed by atoms with E-state index in [1.54, 1.807) is 19.9 Å². The Kier molecular flexibility index (Phi) is 6.48. The van der Waals surface area contributed by atoms with Gasteiger partial charge in [0.15, 0.2) is 0 Å². The minimum atomic E-state index is -0.494. The van der Waals surface area contributed by atoms with Crippen LogP contribution in [-0.2, 0) is 4.79 Å². The minimum absolute atomic E-state index is 0.0521. The van der Waals surface area contributed by atoms with E-state index in [-0.39, 0.29) is 11.9 Å². The van der Waals surface area contributed by atoms with E-state index in [1.165, 1.54) is 0 Å². The lowest BCUT2D eigenvalue weighted by Crippen LogP contribution is -2.48. The second-order valence-electron chi connectivity index (χ2n) is 4.51. The molecule has 3 amide bonds. The Morgan fingerprint density at radius 3 is 2.60 bits per heavy atom. The zero-order chi connectivity index (χ0) is 15.1. The van der Waals surface area contributed by atoms with Crippen LogP contribution < -0.4 is 16.0 Å². The highest BCUT2D eigenvalue weighted by Crippen LogP contribution is 2.17. The maximum atomic E-state index is 11.8. The van der Waals surface area contributed by atoms with Crippen molar-refractivity contribution in [3.63, 3.8) is 0 Å². The molecule has 1 rings (SSSR count). The molecule has 0 radical (unpaired) electrons. The molecular formula is C14H20ClN3O2. The molecule has 5 nitrogen and oxygen atoms in total. The number of urea groups is 1. The normalized spacial score (nSPS) is 13.4. The molecule has 0 bridgehead atoms. The number of rotatable bonds is 5. The number of benzene rings is 1. The Bertz CT molecular complexity index is 479. The summed E-state index contributed by atoms with van der Waals surface area (Å²) in [5, 5.41) is 8.55. The second kappa shape index (κ2) is 7.87. The Morgan fingerprint density at radius 1 is 1.30 bits per heavy atom. The molecule has 3 N–H and O–H groups in total. The molecule has 0 aromatic heterocycles. The third-order valence-electron chi connectivity index (χ3n) is 2.82. The van der Waals surface area contributed by atoms with E-state index in [0.717, 1.165) is 5.56 Å². The molecule has 1 aromatic carbocycles. The topological polar surface area (TPSA) is 70.2 Å². The number of nitrogens with one attached hydrogen (secondary N) is 3. The molecular weight excluding hydrogens is 278 g/mol. The fourth-order valence-corrected chi connectivity index (χ4v) is 1.95. The molecule has 0 fully saturated rings. The van der Waals surface area contributed by atoms with Gasteiger partial charge in [-0.25, -0.2) is 4.79 Å². The van der Waals surface area contributed by atoms with Gasteiger partial charge in [0.2, 0.25) is 5.91 Å². The summed E-state index contributed by atoms with van der Waals surface area (Å²) in [6.07, 6.45) is 0. The third-order valence-corrected chi connectivity index (χ3v) is 3.05. The van der Waals surface area contributed by atoms with Crippen molar-refractivity contribution in [3.8, 4) is 0 Å². The first-order valence-electron chi connectivity index (χ1n) is 6.54. The van der Waals surface area contributed by atoms with Gasteiger partial charge in [-0.3, -0.25) is 15.4 Å². The van der Waals surface area contributed by atoms with Crippen LogP contribution in [0.3, 0.4) is 0 Å². The van der Waals surface area contributed by atoms with E-state index in [0.29, 0.717) is 11.6 Å². The van der Waals surface area contributed by atoms with Crippen molar-refractivity contribution in [2.45, 2.75) is 32.9 Å². The van der Waals surface area contributed by atoms with Gasteiger partial charge in [0.1, 0.15) is 0 Å². The number of halogens is 1. The molecule has 2 atom stereocenters. The predicted octanol–water partition coefficient (Wildman–Crippen LogP) is 2.22. The predicted molar refractivity (Wildman–Crippen MR) is 79.7 cm³/mol. The molecule has 0 saturated carbocycles. The fraction of sp³-hybridized carbons (Fsp3) is 0.429. The maximum absolute atomic E-state index is 11.8. The van der Waals surface area contributed by atoms with Gasteiger partial charge in [0.05, 0.1) is 6.04 Å². The van der Waals surface area contributed by atoms with Gasteiger partial charge in [-0.1, -0.05) is 23.7 Å². The number of hydrogen-bond acceptors (Lipinski definition) is 3. The summed E-state index contributed by atoms with van der Waals surface area (Å²) < 4.78 is 0. The van der Waals surface area contributed by atoms with Crippen LogP contribution in [0.2, 0.25) is 5.02 Å². The molecule has 0 aliphatic rings. The molecule has 110 valence electrons. The molecule has 0 saturated heterocycles. The summed E-state index contributed by atoms with van der Waals surface area (Å²) in [5.41, 5.74) is 0.982. The van der Waals surface area contributed by atoms with Crippen LogP contribution in [0.15, 0.2) is 24.3 Å². The van der Waals surface area contributed by atoms with Crippen LogP contribution in [0.25, 0.3) is 0 Å². The van der Waals surface area contributed by atoms with Crippen molar-refractivity contribution in [3.05, 3.63) is 34.9 Å². The number of carbonyl (C=O) groups excluding carboxylic acids is 2. The average Bonchev–Trinajstić information content (AvgIpc) is 2.38. The molecule has 0 aliphatic heterocycles.